The van der Waals surface area contributed by atoms with E-state index in [9.17, 15) is 13.6 Å². The lowest BCUT2D eigenvalue weighted by Crippen LogP contribution is -2.29. The summed E-state index contributed by atoms with van der Waals surface area (Å²) in [4.78, 5) is 11.8. The van der Waals surface area contributed by atoms with Crippen LogP contribution in [0.5, 0.6) is 0 Å². The number of esters is 1. The highest BCUT2D eigenvalue weighted by molar-refractivity contribution is 5.75. The van der Waals surface area contributed by atoms with Crippen LogP contribution in [-0.4, -0.2) is 18.6 Å². The van der Waals surface area contributed by atoms with Crippen molar-refractivity contribution in [1.29, 1.82) is 0 Å². The van der Waals surface area contributed by atoms with E-state index in [1.54, 1.807) is 20.8 Å². The van der Waals surface area contributed by atoms with Crippen molar-refractivity contribution in [3.63, 3.8) is 0 Å². The third-order valence-electron chi connectivity index (χ3n) is 3.31. The van der Waals surface area contributed by atoms with E-state index in [2.05, 4.69) is 5.32 Å². The molecule has 1 aliphatic rings. The van der Waals surface area contributed by atoms with E-state index < -0.39 is 17.0 Å². The van der Waals surface area contributed by atoms with E-state index in [0.717, 1.165) is 12.1 Å². The summed E-state index contributed by atoms with van der Waals surface area (Å²) in [6.45, 7) is 5.78. The quantitative estimate of drug-likeness (QED) is 0.848. The van der Waals surface area contributed by atoms with Crippen LogP contribution in [0.2, 0.25) is 0 Å². The molecule has 1 aromatic rings. The van der Waals surface area contributed by atoms with Gasteiger partial charge >= 0.3 is 5.97 Å². The van der Waals surface area contributed by atoms with E-state index in [1.807, 2.05) is 0 Å². The monoisotopic (exact) mass is 283 g/mol. The van der Waals surface area contributed by atoms with Crippen LogP contribution in [0.1, 0.15) is 38.8 Å². The number of nitrogens with one attached hydrogen (secondary N) is 1. The van der Waals surface area contributed by atoms with Crippen molar-refractivity contribution < 1.29 is 18.3 Å². The normalized spacial score (nSPS) is 22.9. The molecule has 1 heterocycles. The number of hydrogen-bond acceptors (Lipinski definition) is 3. The van der Waals surface area contributed by atoms with E-state index in [4.69, 9.17) is 4.74 Å². The Bertz CT molecular complexity index is 511. The van der Waals surface area contributed by atoms with Gasteiger partial charge < -0.3 is 10.1 Å². The van der Waals surface area contributed by atoms with Gasteiger partial charge in [-0.2, -0.15) is 0 Å². The van der Waals surface area contributed by atoms with Crippen LogP contribution in [0.4, 0.5) is 8.78 Å². The molecule has 3 nitrogen and oxygen atoms in total. The van der Waals surface area contributed by atoms with Gasteiger partial charge in [0.05, 0.1) is 5.41 Å². The lowest BCUT2D eigenvalue weighted by Gasteiger charge is -2.20. The third kappa shape index (κ3) is 3.33. The predicted octanol–water partition coefficient (Wildman–Crippen LogP) is 2.96. The Kier molecular flexibility index (Phi) is 4.09. The molecule has 0 radical (unpaired) electrons. The zero-order valence-corrected chi connectivity index (χ0v) is 11.9. The molecule has 0 saturated carbocycles. The van der Waals surface area contributed by atoms with Crippen LogP contribution in [0, 0.1) is 17.0 Å². The van der Waals surface area contributed by atoms with Gasteiger partial charge in [-0.3, -0.25) is 4.79 Å². The van der Waals surface area contributed by atoms with Gasteiger partial charge in [0.2, 0.25) is 0 Å². The smallest absolute Gasteiger partial charge is 0.311 e. The minimum absolute atomic E-state index is 0.277. The topological polar surface area (TPSA) is 38.3 Å². The third-order valence-corrected chi connectivity index (χ3v) is 3.31. The molecule has 1 saturated heterocycles. The number of halogens is 2. The zero-order chi connectivity index (χ0) is 14.9. The number of carbonyl (C=O) groups is 1. The van der Waals surface area contributed by atoms with Gasteiger partial charge in [-0.1, -0.05) is 0 Å². The summed E-state index contributed by atoms with van der Waals surface area (Å²) in [6.07, 6.45) is 0.136. The van der Waals surface area contributed by atoms with Crippen LogP contribution in [-0.2, 0) is 9.53 Å². The standard InChI is InChI=1S/C15H19F2NO2/c1-15(2,3)14(19)20-10-7-13(18-8-10)11-6-9(16)4-5-12(11)17/h4-6,10,13,18H,7-8H2,1-3H3/t10-,13?/m1/s1. The molecule has 5 heteroatoms. The molecule has 1 aromatic carbocycles. The Labute approximate surface area is 117 Å². The molecule has 2 atom stereocenters. The molecule has 20 heavy (non-hydrogen) atoms. The Morgan fingerprint density at radius 3 is 2.70 bits per heavy atom. The number of ether oxygens (including phenoxy) is 1. The lowest BCUT2D eigenvalue weighted by atomic mass is 9.97. The van der Waals surface area contributed by atoms with Gasteiger partial charge in [0, 0.05) is 24.6 Å². The lowest BCUT2D eigenvalue weighted by molar-refractivity contribution is -0.157. The molecule has 1 N–H and O–H groups in total. The largest absolute Gasteiger partial charge is 0.461 e. The fourth-order valence-electron chi connectivity index (χ4n) is 2.14. The van der Waals surface area contributed by atoms with E-state index in [1.165, 1.54) is 6.07 Å². The summed E-state index contributed by atoms with van der Waals surface area (Å²) in [5.74, 6) is -1.21. The maximum Gasteiger partial charge on any atom is 0.311 e. The highest BCUT2D eigenvalue weighted by Gasteiger charge is 2.32. The molecule has 1 unspecified atom stereocenters. The van der Waals surface area contributed by atoms with Gasteiger partial charge in [0.1, 0.15) is 17.7 Å². The number of rotatable bonds is 2. The maximum atomic E-state index is 13.7. The summed E-state index contributed by atoms with van der Waals surface area (Å²) in [7, 11) is 0. The van der Waals surface area contributed by atoms with Crippen LogP contribution in [0.15, 0.2) is 18.2 Å². The highest BCUT2D eigenvalue weighted by Crippen LogP contribution is 2.29. The maximum absolute atomic E-state index is 13.7. The second-order valence-corrected chi connectivity index (χ2v) is 6.14. The first-order valence-electron chi connectivity index (χ1n) is 6.67. The van der Waals surface area contributed by atoms with E-state index >= 15 is 0 Å². The molecule has 0 aromatic heterocycles. The summed E-state index contributed by atoms with van der Waals surface area (Å²) in [6, 6.07) is 3.05. The van der Waals surface area contributed by atoms with Crippen molar-refractivity contribution in [3.8, 4) is 0 Å². The van der Waals surface area contributed by atoms with Gasteiger partial charge in [-0.25, -0.2) is 8.78 Å². The van der Waals surface area contributed by atoms with Gasteiger partial charge in [-0.05, 0) is 39.0 Å². The van der Waals surface area contributed by atoms with Crippen LogP contribution in [0.25, 0.3) is 0 Å². The first-order chi connectivity index (χ1) is 9.27. The Hall–Kier alpha value is -1.49. The Morgan fingerprint density at radius 1 is 1.35 bits per heavy atom. The Balaban J connectivity index is 2.02. The highest BCUT2D eigenvalue weighted by atomic mass is 19.1. The molecule has 110 valence electrons. The fourth-order valence-corrected chi connectivity index (χ4v) is 2.14. The molecule has 0 amide bonds. The molecule has 2 rings (SSSR count). The molecule has 0 aliphatic carbocycles. The SMILES string of the molecule is CC(C)(C)C(=O)O[C@H]1CNC(c2cc(F)ccc2F)C1. The number of benzene rings is 1. The Morgan fingerprint density at radius 2 is 2.05 bits per heavy atom. The second-order valence-electron chi connectivity index (χ2n) is 6.14. The van der Waals surface area contributed by atoms with Gasteiger partial charge in [-0.15, -0.1) is 0 Å². The van der Waals surface area contributed by atoms with Crippen molar-refractivity contribution in [2.45, 2.75) is 39.3 Å². The van der Waals surface area contributed by atoms with Gasteiger partial charge in [0.15, 0.2) is 0 Å². The van der Waals surface area contributed by atoms with Crippen LogP contribution in [0.3, 0.4) is 0 Å². The van der Waals surface area contributed by atoms with Crippen molar-refractivity contribution in [2.75, 3.05) is 6.54 Å². The summed E-state index contributed by atoms with van der Waals surface area (Å²) < 4.78 is 32.3. The van der Waals surface area contributed by atoms with Crippen molar-refractivity contribution >= 4 is 5.97 Å². The van der Waals surface area contributed by atoms with Crippen molar-refractivity contribution in [2.24, 2.45) is 5.41 Å². The minimum Gasteiger partial charge on any atom is -0.461 e. The zero-order valence-electron chi connectivity index (χ0n) is 11.9. The number of carbonyl (C=O) groups excluding carboxylic acids is 1. The van der Waals surface area contributed by atoms with Crippen molar-refractivity contribution in [1.82, 2.24) is 5.32 Å². The molecule has 0 bridgehead atoms. The molecule has 0 spiro atoms. The number of hydrogen-bond donors (Lipinski definition) is 1. The fraction of sp³-hybridized carbons (Fsp3) is 0.533. The van der Waals surface area contributed by atoms with Crippen molar-refractivity contribution in [3.05, 3.63) is 35.4 Å². The van der Waals surface area contributed by atoms with Crippen LogP contribution >= 0.6 is 0 Å². The molecule has 1 aliphatic heterocycles. The average Bonchev–Trinajstić information content (AvgIpc) is 2.79. The molecular formula is C15H19F2NO2. The summed E-state index contributed by atoms with van der Waals surface area (Å²) >= 11 is 0. The minimum atomic E-state index is -0.567. The molecular weight excluding hydrogens is 264 g/mol. The second kappa shape index (κ2) is 5.48. The summed E-state index contributed by atoms with van der Waals surface area (Å²) in [5.41, 5.74) is -0.290. The van der Waals surface area contributed by atoms with Gasteiger partial charge in [0.25, 0.3) is 0 Å². The van der Waals surface area contributed by atoms with Crippen LogP contribution < -0.4 is 5.32 Å². The van der Waals surface area contributed by atoms with E-state index in [-0.39, 0.29) is 23.7 Å². The summed E-state index contributed by atoms with van der Waals surface area (Å²) in [5, 5.41) is 3.06. The average molecular weight is 283 g/mol. The van der Waals surface area contributed by atoms with E-state index in [0.29, 0.717) is 13.0 Å². The first kappa shape index (κ1) is 14.9. The molecule has 1 fully saturated rings. The predicted molar refractivity (Wildman–Crippen MR) is 71.1 cm³/mol. The first-order valence-corrected chi connectivity index (χ1v) is 6.67.